The van der Waals surface area contributed by atoms with Crippen LogP contribution in [0.15, 0.2) is 0 Å². The molecule has 1 atom stereocenters. The summed E-state index contributed by atoms with van der Waals surface area (Å²) in [5, 5.41) is 6.56. The van der Waals surface area contributed by atoms with E-state index in [1.165, 1.54) is 64.5 Å². The number of urea groups is 1. The molecule has 0 radical (unpaired) electrons. The van der Waals surface area contributed by atoms with Crippen molar-refractivity contribution in [3.8, 4) is 0 Å². The molecule has 23 heavy (non-hydrogen) atoms. The molecule has 1 aliphatic heterocycles. The monoisotopic (exact) mass is 319 g/mol. The molecule has 2 N–H and O–H groups in total. The molecule has 0 aromatic rings. The van der Waals surface area contributed by atoms with Crippen LogP contribution in [0.3, 0.4) is 0 Å². The molecule has 1 heterocycles. The zero-order chi connectivity index (χ0) is 15.8. The lowest BCUT2D eigenvalue weighted by Crippen LogP contribution is -2.58. The molecule has 0 aromatic heterocycles. The summed E-state index contributed by atoms with van der Waals surface area (Å²) in [5.74, 6) is 3.46. The van der Waals surface area contributed by atoms with Crippen LogP contribution >= 0.6 is 0 Å². The van der Waals surface area contributed by atoms with Crippen LogP contribution < -0.4 is 10.6 Å². The van der Waals surface area contributed by atoms with Gasteiger partial charge in [0.05, 0.1) is 0 Å². The summed E-state index contributed by atoms with van der Waals surface area (Å²) in [6, 6.07) is 0.766. The molecule has 5 fully saturated rings. The Morgan fingerprint density at radius 3 is 2.22 bits per heavy atom. The summed E-state index contributed by atoms with van der Waals surface area (Å²) >= 11 is 0. The van der Waals surface area contributed by atoms with Crippen molar-refractivity contribution in [2.24, 2.45) is 23.7 Å². The minimum Gasteiger partial charge on any atom is -0.335 e. The van der Waals surface area contributed by atoms with Crippen molar-refractivity contribution in [1.29, 1.82) is 0 Å². The number of amides is 2. The van der Waals surface area contributed by atoms with Crippen molar-refractivity contribution in [2.45, 2.75) is 70.4 Å². The van der Waals surface area contributed by atoms with Gasteiger partial charge in [-0.05, 0) is 88.6 Å². The average molecular weight is 319 g/mol. The number of carbonyl (C=O) groups excluding carboxylic acids is 1. The summed E-state index contributed by atoms with van der Waals surface area (Å²) in [7, 11) is 0. The maximum absolute atomic E-state index is 12.4. The van der Waals surface area contributed by atoms with Crippen molar-refractivity contribution in [3.05, 3.63) is 0 Å². The Balaban J connectivity index is 1.25. The number of hydrogen-bond donors (Lipinski definition) is 2. The lowest BCUT2D eigenvalue weighted by atomic mass is 9.54. The predicted octanol–water partition coefficient (Wildman–Crippen LogP) is 2.98. The normalized spacial score (nSPS) is 40.8. The molecule has 0 aromatic carbocycles. The van der Waals surface area contributed by atoms with Gasteiger partial charge in [0.25, 0.3) is 0 Å². The Morgan fingerprint density at radius 1 is 1.00 bits per heavy atom. The largest absolute Gasteiger partial charge is 0.335 e. The zero-order valence-electron chi connectivity index (χ0n) is 14.6. The SMILES string of the molecule is CC(CN1CCCCC1)NC(=O)NC1C2CC3CC(C2)CC1C3. The highest BCUT2D eigenvalue weighted by Gasteiger charge is 2.48. The Labute approximate surface area is 140 Å². The molecule has 2 amide bonds. The van der Waals surface area contributed by atoms with Gasteiger partial charge in [-0.15, -0.1) is 0 Å². The minimum absolute atomic E-state index is 0.0759. The van der Waals surface area contributed by atoms with Crippen molar-refractivity contribution in [1.82, 2.24) is 15.5 Å². The van der Waals surface area contributed by atoms with Crippen LogP contribution in [-0.2, 0) is 0 Å². The number of hydrogen-bond acceptors (Lipinski definition) is 2. The number of piperidine rings is 1. The summed E-state index contributed by atoms with van der Waals surface area (Å²) in [6.45, 7) is 5.53. The van der Waals surface area contributed by atoms with E-state index in [0.717, 1.165) is 30.2 Å². The van der Waals surface area contributed by atoms with E-state index in [1.807, 2.05) is 0 Å². The lowest BCUT2D eigenvalue weighted by molar-refractivity contribution is -0.00954. The predicted molar refractivity (Wildman–Crippen MR) is 92.3 cm³/mol. The first-order valence-electron chi connectivity index (χ1n) is 9.96. The van der Waals surface area contributed by atoms with Crippen LogP contribution in [0.2, 0.25) is 0 Å². The maximum atomic E-state index is 12.4. The van der Waals surface area contributed by atoms with Gasteiger partial charge in [-0.3, -0.25) is 0 Å². The number of rotatable bonds is 4. The second kappa shape index (κ2) is 6.62. The highest BCUT2D eigenvalue weighted by Crippen LogP contribution is 2.53. The van der Waals surface area contributed by atoms with Crippen molar-refractivity contribution >= 4 is 6.03 Å². The van der Waals surface area contributed by atoms with Gasteiger partial charge in [-0.25, -0.2) is 4.79 Å². The van der Waals surface area contributed by atoms with Crippen LogP contribution in [0.5, 0.6) is 0 Å². The van der Waals surface area contributed by atoms with E-state index < -0.39 is 0 Å². The van der Waals surface area contributed by atoms with Crippen LogP contribution in [0.25, 0.3) is 0 Å². The Morgan fingerprint density at radius 2 is 1.61 bits per heavy atom. The number of likely N-dealkylation sites (tertiary alicyclic amines) is 1. The van der Waals surface area contributed by atoms with E-state index in [9.17, 15) is 4.79 Å². The highest BCUT2D eigenvalue weighted by atomic mass is 16.2. The van der Waals surface area contributed by atoms with Crippen LogP contribution in [-0.4, -0.2) is 42.6 Å². The molecule has 5 aliphatic rings. The fourth-order valence-corrected chi connectivity index (χ4v) is 6.15. The number of carbonyl (C=O) groups is 1. The van der Waals surface area contributed by atoms with E-state index in [2.05, 4.69) is 22.5 Å². The average Bonchev–Trinajstić information content (AvgIpc) is 2.51. The van der Waals surface area contributed by atoms with Crippen LogP contribution in [0.1, 0.15) is 58.3 Å². The first-order chi connectivity index (χ1) is 11.2. The second-order valence-corrected chi connectivity index (χ2v) is 8.84. The third-order valence-corrected chi connectivity index (χ3v) is 6.88. The first-order valence-corrected chi connectivity index (χ1v) is 9.96. The van der Waals surface area contributed by atoms with Gasteiger partial charge in [-0.1, -0.05) is 6.42 Å². The molecule has 4 nitrogen and oxygen atoms in total. The molecule has 1 unspecified atom stereocenters. The molecule has 4 heteroatoms. The standard InChI is InChI=1S/C19H33N3O/c1-13(12-22-5-3-2-4-6-22)20-19(23)21-18-16-8-14-7-15(10-16)11-17(18)9-14/h13-18H,2-12H2,1H3,(H2,20,21,23). The summed E-state index contributed by atoms with van der Waals surface area (Å²) in [6.07, 6.45) is 10.9. The summed E-state index contributed by atoms with van der Waals surface area (Å²) in [4.78, 5) is 14.9. The molecular weight excluding hydrogens is 286 g/mol. The number of nitrogens with zero attached hydrogens (tertiary/aromatic N) is 1. The second-order valence-electron chi connectivity index (χ2n) is 8.84. The van der Waals surface area contributed by atoms with Gasteiger partial charge in [-0.2, -0.15) is 0 Å². The van der Waals surface area contributed by atoms with E-state index in [0.29, 0.717) is 6.04 Å². The van der Waals surface area contributed by atoms with E-state index in [4.69, 9.17) is 0 Å². The highest BCUT2D eigenvalue weighted by molar-refractivity contribution is 5.74. The lowest BCUT2D eigenvalue weighted by Gasteiger charge is -2.54. The smallest absolute Gasteiger partial charge is 0.315 e. The maximum Gasteiger partial charge on any atom is 0.315 e. The molecule has 1 saturated heterocycles. The fraction of sp³-hybridized carbons (Fsp3) is 0.947. The van der Waals surface area contributed by atoms with Crippen molar-refractivity contribution in [2.75, 3.05) is 19.6 Å². The molecule has 4 aliphatic carbocycles. The third kappa shape index (κ3) is 3.52. The minimum atomic E-state index is 0.0759. The van der Waals surface area contributed by atoms with Crippen molar-refractivity contribution < 1.29 is 4.79 Å². The molecule has 4 saturated carbocycles. The van der Waals surface area contributed by atoms with Gasteiger partial charge >= 0.3 is 6.03 Å². The van der Waals surface area contributed by atoms with Crippen molar-refractivity contribution in [3.63, 3.8) is 0 Å². The quantitative estimate of drug-likeness (QED) is 0.837. The fourth-order valence-electron chi connectivity index (χ4n) is 6.15. The van der Waals surface area contributed by atoms with Gasteiger partial charge in [0.1, 0.15) is 0 Å². The van der Waals surface area contributed by atoms with E-state index >= 15 is 0 Å². The molecule has 0 spiro atoms. The topological polar surface area (TPSA) is 44.4 Å². The van der Waals surface area contributed by atoms with Gasteiger partial charge in [0.2, 0.25) is 0 Å². The Kier molecular flexibility index (Phi) is 4.53. The summed E-state index contributed by atoms with van der Waals surface area (Å²) in [5.41, 5.74) is 0. The molecule has 5 rings (SSSR count). The summed E-state index contributed by atoms with van der Waals surface area (Å²) < 4.78 is 0. The van der Waals surface area contributed by atoms with Crippen LogP contribution in [0.4, 0.5) is 4.79 Å². The Bertz CT molecular complexity index is 404. The molecular formula is C19H33N3O. The van der Waals surface area contributed by atoms with Gasteiger partial charge in [0, 0.05) is 18.6 Å². The van der Waals surface area contributed by atoms with Crippen LogP contribution in [0, 0.1) is 23.7 Å². The molecule has 130 valence electrons. The zero-order valence-corrected chi connectivity index (χ0v) is 14.6. The van der Waals surface area contributed by atoms with E-state index in [1.54, 1.807) is 0 Å². The third-order valence-electron chi connectivity index (χ3n) is 6.88. The van der Waals surface area contributed by atoms with Gasteiger partial charge < -0.3 is 15.5 Å². The van der Waals surface area contributed by atoms with E-state index in [-0.39, 0.29) is 12.1 Å². The Hall–Kier alpha value is -0.770. The molecule has 4 bridgehead atoms. The first kappa shape index (κ1) is 15.7. The van der Waals surface area contributed by atoms with Gasteiger partial charge in [0.15, 0.2) is 0 Å². The number of nitrogens with one attached hydrogen (secondary N) is 2.